The lowest BCUT2D eigenvalue weighted by molar-refractivity contribution is 0.215. The van der Waals surface area contributed by atoms with Crippen LogP contribution in [0, 0.1) is 5.92 Å². The minimum absolute atomic E-state index is 0.596. The van der Waals surface area contributed by atoms with Crippen LogP contribution >= 0.6 is 0 Å². The number of hydrogen-bond acceptors (Lipinski definition) is 5. The van der Waals surface area contributed by atoms with Crippen LogP contribution in [-0.4, -0.2) is 48.1 Å². The third-order valence-corrected chi connectivity index (χ3v) is 3.77. The number of likely N-dealkylation sites (tertiary alicyclic amines) is 1. The molecule has 5 heteroatoms. The number of nitrogens with two attached hydrogens (primary N) is 1. The summed E-state index contributed by atoms with van der Waals surface area (Å²) in [4.78, 5) is 11.1. The van der Waals surface area contributed by atoms with Gasteiger partial charge in [0, 0.05) is 19.2 Å². The molecule has 1 aliphatic heterocycles. The number of nitrogens with zero attached hydrogens (tertiary/aromatic N) is 3. The molecule has 5 nitrogen and oxygen atoms in total. The van der Waals surface area contributed by atoms with Gasteiger partial charge in [0.05, 0.1) is 0 Å². The van der Waals surface area contributed by atoms with Gasteiger partial charge in [-0.15, -0.1) is 0 Å². The van der Waals surface area contributed by atoms with Crippen molar-refractivity contribution in [2.24, 2.45) is 11.7 Å². The number of piperidine rings is 1. The monoisotopic (exact) mass is 263 g/mol. The van der Waals surface area contributed by atoms with Gasteiger partial charge in [0.2, 0.25) is 0 Å². The number of anilines is 1. The first kappa shape index (κ1) is 14.2. The highest BCUT2D eigenvalue weighted by molar-refractivity contribution is 5.32. The first-order chi connectivity index (χ1) is 9.28. The van der Waals surface area contributed by atoms with Crippen LogP contribution in [0.3, 0.4) is 0 Å². The summed E-state index contributed by atoms with van der Waals surface area (Å²) >= 11 is 0. The maximum Gasteiger partial charge on any atom is 0.131 e. The fraction of sp³-hybridized carbons (Fsp3) is 0.714. The van der Waals surface area contributed by atoms with E-state index in [-0.39, 0.29) is 0 Å². The standard InChI is InChI=1S/C14H25N5/c1-19-10-5-12(6-11-19)3-8-16-14-4-9-17-13(18-14)2-7-15/h4,9,12H,2-3,5-8,10-11,15H2,1H3,(H,16,17,18). The summed E-state index contributed by atoms with van der Waals surface area (Å²) in [5.74, 6) is 2.60. The molecule has 0 aliphatic carbocycles. The molecule has 0 amide bonds. The summed E-state index contributed by atoms with van der Waals surface area (Å²) in [6.07, 6.45) is 6.41. The zero-order valence-corrected chi connectivity index (χ0v) is 11.8. The van der Waals surface area contributed by atoms with E-state index in [9.17, 15) is 0 Å². The van der Waals surface area contributed by atoms with Crippen molar-refractivity contribution >= 4 is 5.82 Å². The van der Waals surface area contributed by atoms with Crippen molar-refractivity contribution in [3.63, 3.8) is 0 Å². The SMILES string of the molecule is CN1CCC(CCNc2ccnc(CCN)n2)CC1. The lowest BCUT2D eigenvalue weighted by Gasteiger charge is -2.28. The molecule has 1 aromatic heterocycles. The van der Waals surface area contributed by atoms with Crippen molar-refractivity contribution in [1.29, 1.82) is 0 Å². The van der Waals surface area contributed by atoms with Crippen molar-refractivity contribution in [1.82, 2.24) is 14.9 Å². The first-order valence-electron chi connectivity index (χ1n) is 7.22. The van der Waals surface area contributed by atoms with Gasteiger partial charge < -0.3 is 16.0 Å². The molecule has 2 heterocycles. The molecule has 0 saturated carbocycles. The number of aromatic nitrogens is 2. The molecule has 0 spiro atoms. The summed E-state index contributed by atoms with van der Waals surface area (Å²) in [6, 6.07) is 1.93. The minimum Gasteiger partial charge on any atom is -0.370 e. The van der Waals surface area contributed by atoms with Gasteiger partial charge in [-0.2, -0.15) is 0 Å². The molecule has 2 rings (SSSR count). The predicted octanol–water partition coefficient (Wildman–Crippen LogP) is 1.12. The van der Waals surface area contributed by atoms with Gasteiger partial charge in [0.15, 0.2) is 0 Å². The van der Waals surface area contributed by atoms with Crippen LogP contribution < -0.4 is 11.1 Å². The third-order valence-electron chi connectivity index (χ3n) is 3.77. The Hall–Kier alpha value is -1.20. The van der Waals surface area contributed by atoms with Crippen molar-refractivity contribution in [3.8, 4) is 0 Å². The van der Waals surface area contributed by atoms with Crippen LogP contribution in [0.1, 0.15) is 25.1 Å². The molecule has 0 radical (unpaired) electrons. The number of rotatable bonds is 6. The van der Waals surface area contributed by atoms with E-state index in [0.29, 0.717) is 6.54 Å². The molecule has 0 aromatic carbocycles. The van der Waals surface area contributed by atoms with Crippen LogP contribution in [0.15, 0.2) is 12.3 Å². The second-order valence-corrected chi connectivity index (χ2v) is 5.36. The lowest BCUT2D eigenvalue weighted by Crippen LogP contribution is -2.30. The van der Waals surface area contributed by atoms with Crippen molar-refractivity contribution in [2.75, 3.05) is 38.5 Å². The topological polar surface area (TPSA) is 67.1 Å². The fourth-order valence-electron chi connectivity index (χ4n) is 2.50. The molecule has 1 saturated heterocycles. The van der Waals surface area contributed by atoms with E-state index in [1.807, 2.05) is 6.07 Å². The molecule has 1 aromatic rings. The maximum atomic E-state index is 5.52. The van der Waals surface area contributed by atoms with Gasteiger partial charge in [-0.1, -0.05) is 0 Å². The van der Waals surface area contributed by atoms with Gasteiger partial charge in [0.25, 0.3) is 0 Å². The molecule has 1 fully saturated rings. The zero-order valence-electron chi connectivity index (χ0n) is 11.8. The lowest BCUT2D eigenvalue weighted by atomic mass is 9.94. The van der Waals surface area contributed by atoms with E-state index >= 15 is 0 Å². The minimum atomic E-state index is 0.596. The van der Waals surface area contributed by atoms with E-state index in [1.54, 1.807) is 6.20 Å². The molecular weight excluding hydrogens is 238 g/mol. The summed E-state index contributed by atoms with van der Waals surface area (Å²) in [5, 5.41) is 3.40. The Labute approximate surface area is 115 Å². The average molecular weight is 263 g/mol. The van der Waals surface area contributed by atoms with Crippen molar-refractivity contribution in [3.05, 3.63) is 18.1 Å². The number of nitrogens with one attached hydrogen (secondary N) is 1. The third kappa shape index (κ3) is 4.76. The molecule has 0 unspecified atom stereocenters. The Morgan fingerprint density at radius 1 is 1.42 bits per heavy atom. The summed E-state index contributed by atoms with van der Waals surface area (Å²) in [7, 11) is 2.20. The van der Waals surface area contributed by atoms with Crippen LogP contribution in [0.5, 0.6) is 0 Å². The molecule has 0 bridgehead atoms. The van der Waals surface area contributed by atoms with Gasteiger partial charge in [0.1, 0.15) is 11.6 Å². The second kappa shape index (κ2) is 7.40. The molecule has 0 atom stereocenters. The summed E-state index contributed by atoms with van der Waals surface area (Å²) in [6.45, 7) is 4.06. The van der Waals surface area contributed by atoms with E-state index in [0.717, 1.165) is 30.5 Å². The highest BCUT2D eigenvalue weighted by Gasteiger charge is 2.15. The highest BCUT2D eigenvalue weighted by atomic mass is 15.1. The molecule has 3 N–H and O–H groups in total. The Bertz CT molecular complexity index is 374. The van der Waals surface area contributed by atoms with E-state index in [2.05, 4.69) is 27.2 Å². The quantitative estimate of drug-likeness (QED) is 0.805. The predicted molar refractivity (Wildman–Crippen MR) is 78.1 cm³/mol. The van der Waals surface area contributed by atoms with E-state index < -0.39 is 0 Å². The molecular formula is C14H25N5. The van der Waals surface area contributed by atoms with Crippen LogP contribution in [-0.2, 0) is 6.42 Å². The normalized spacial score (nSPS) is 17.6. The molecule has 19 heavy (non-hydrogen) atoms. The highest BCUT2D eigenvalue weighted by Crippen LogP contribution is 2.19. The van der Waals surface area contributed by atoms with Gasteiger partial charge in [-0.3, -0.25) is 0 Å². The molecule has 106 valence electrons. The number of hydrogen-bond donors (Lipinski definition) is 2. The molecule has 1 aliphatic rings. The van der Waals surface area contributed by atoms with Gasteiger partial charge in [-0.05, 0) is 57.9 Å². The van der Waals surface area contributed by atoms with Gasteiger partial charge >= 0.3 is 0 Å². The fourth-order valence-corrected chi connectivity index (χ4v) is 2.50. The maximum absolute atomic E-state index is 5.52. The Morgan fingerprint density at radius 3 is 2.95 bits per heavy atom. The van der Waals surface area contributed by atoms with Crippen molar-refractivity contribution < 1.29 is 0 Å². The largest absolute Gasteiger partial charge is 0.370 e. The van der Waals surface area contributed by atoms with E-state index in [1.165, 1.54) is 32.4 Å². The second-order valence-electron chi connectivity index (χ2n) is 5.36. The summed E-state index contributed by atoms with van der Waals surface area (Å²) in [5.41, 5.74) is 5.52. The van der Waals surface area contributed by atoms with Crippen LogP contribution in [0.25, 0.3) is 0 Å². The van der Waals surface area contributed by atoms with Gasteiger partial charge in [-0.25, -0.2) is 9.97 Å². The zero-order chi connectivity index (χ0) is 13.5. The van der Waals surface area contributed by atoms with Crippen LogP contribution in [0.2, 0.25) is 0 Å². The Kier molecular flexibility index (Phi) is 5.54. The average Bonchev–Trinajstić information content (AvgIpc) is 2.42. The first-order valence-corrected chi connectivity index (χ1v) is 7.22. The summed E-state index contributed by atoms with van der Waals surface area (Å²) < 4.78 is 0. The Morgan fingerprint density at radius 2 is 2.21 bits per heavy atom. The van der Waals surface area contributed by atoms with E-state index in [4.69, 9.17) is 5.73 Å². The van der Waals surface area contributed by atoms with Crippen LogP contribution in [0.4, 0.5) is 5.82 Å². The Balaban J connectivity index is 1.71. The smallest absolute Gasteiger partial charge is 0.131 e. The van der Waals surface area contributed by atoms with Crippen molar-refractivity contribution in [2.45, 2.75) is 25.7 Å².